The fourth-order valence-electron chi connectivity index (χ4n) is 7.11. The fraction of sp³-hybridized carbons (Fsp3) is 0.318. The van der Waals surface area contributed by atoms with Gasteiger partial charge in [-0.25, -0.2) is 18.7 Å². The number of nitro benzene ring substituents is 2. The number of benzene rings is 4. The lowest BCUT2D eigenvalue weighted by atomic mass is 9.83. The molecule has 0 bridgehead atoms. The quantitative estimate of drug-likeness (QED) is 0.0885. The van der Waals surface area contributed by atoms with Crippen LogP contribution in [0.1, 0.15) is 71.1 Å². The van der Waals surface area contributed by atoms with E-state index in [1.54, 1.807) is 39.0 Å². The van der Waals surface area contributed by atoms with E-state index in [-0.39, 0.29) is 35.6 Å². The molecule has 0 unspecified atom stereocenters. The zero-order valence-corrected chi connectivity index (χ0v) is 33.4. The zero-order chi connectivity index (χ0) is 42.5. The van der Waals surface area contributed by atoms with Crippen molar-refractivity contribution in [3.63, 3.8) is 0 Å². The summed E-state index contributed by atoms with van der Waals surface area (Å²) < 4.78 is 7.87. The maximum Gasteiger partial charge on any atom is 0.419 e. The molecule has 2 aromatic heterocycles. The Labute approximate surface area is 335 Å². The van der Waals surface area contributed by atoms with Gasteiger partial charge in [0.1, 0.15) is 16.6 Å². The highest BCUT2D eigenvalue weighted by Gasteiger charge is 2.34. The predicted molar refractivity (Wildman–Crippen MR) is 223 cm³/mol. The van der Waals surface area contributed by atoms with Crippen molar-refractivity contribution in [2.24, 2.45) is 0 Å². The molecule has 0 aliphatic carbocycles. The SMILES string of the molecule is CC(C)(C)OC(=O)n1c(-c2ccccc2)cc2cc(CCCO)cc([N+](=O)[O-])c21.CC(C)(C)c1c(-c2ccccc2)n(C(=O)O)c2c([N+](=O)[O-])cc(CCCO)cc12. The average molecular weight is 793 g/mol. The second-order valence-corrected chi connectivity index (χ2v) is 15.9. The largest absolute Gasteiger partial charge is 0.464 e. The van der Waals surface area contributed by atoms with Gasteiger partial charge in [-0.15, -0.1) is 0 Å². The molecule has 0 spiro atoms. The Kier molecular flexibility index (Phi) is 12.8. The number of carboxylic acid groups (broad SMARTS) is 1. The molecule has 14 heteroatoms. The van der Waals surface area contributed by atoms with E-state index < -0.39 is 33.0 Å². The van der Waals surface area contributed by atoms with Crippen LogP contribution in [0.25, 0.3) is 44.3 Å². The van der Waals surface area contributed by atoms with Crippen molar-refractivity contribution in [3.8, 4) is 22.5 Å². The van der Waals surface area contributed by atoms with E-state index in [9.17, 15) is 34.9 Å². The third kappa shape index (κ3) is 9.25. The van der Waals surface area contributed by atoms with Gasteiger partial charge in [0.25, 0.3) is 11.4 Å². The van der Waals surface area contributed by atoms with Crippen molar-refractivity contribution < 1.29 is 39.5 Å². The number of nitro groups is 2. The Balaban J connectivity index is 0.000000221. The number of aliphatic hydroxyl groups excluding tert-OH is 2. The van der Waals surface area contributed by atoms with Crippen molar-refractivity contribution in [2.45, 2.75) is 78.2 Å². The zero-order valence-electron chi connectivity index (χ0n) is 33.4. The Morgan fingerprint density at radius 2 is 1.19 bits per heavy atom. The monoisotopic (exact) mass is 792 g/mol. The molecule has 4 aromatic carbocycles. The molecule has 0 saturated carbocycles. The van der Waals surface area contributed by atoms with Gasteiger partial charge in [0.2, 0.25) is 0 Å². The van der Waals surface area contributed by atoms with Gasteiger partial charge < -0.3 is 20.1 Å². The lowest BCUT2D eigenvalue weighted by Crippen LogP contribution is -2.27. The van der Waals surface area contributed by atoms with E-state index in [4.69, 9.17) is 14.9 Å². The molecule has 0 fully saturated rings. The van der Waals surface area contributed by atoms with Crippen LogP contribution >= 0.6 is 0 Å². The predicted octanol–water partition coefficient (Wildman–Crippen LogP) is 9.89. The van der Waals surface area contributed by atoms with Crippen LogP contribution in [-0.4, -0.2) is 65.3 Å². The van der Waals surface area contributed by atoms with E-state index in [0.717, 1.165) is 21.3 Å². The molecule has 3 N–H and O–H groups in total. The normalized spacial score (nSPS) is 11.7. The van der Waals surface area contributed by atoms with Gasteiger partial charge in [-0.3, -0.25) is 20.2 Å². The van der Waals surface area contributed by atoms with Gasteiger partial charge in [0.15, 0.2) is 0 Å². The first-order valence-corrected chi connectivity index (χ1v) is 18.9. The number of hydrogen-bond acceptors (Lipinski definition) is 9. The summed E-state index contributed by atoms with van der Waals surface area (Å²) in [6.45, 7) is 11.1. The molecule has 0 radical (unpaired) electrons. The van der Waals surface area contributed by atoms with E-state index in [0.29, 0.717) is 59.0 Å². The number of non-ortho nitro benzene ring substituents is 2. The molecule has 6 rings (SSSR count). The molecular weight excluding hydrogens is 745 g/mol. The number of hydrogen-bond donors (Lipinski definition) is 3. The maximum absolute atomic E-state index is 13.0. The molecule has 0 atom stereocenters. The van der Waals surface area contributed by atoms with Crippen molar-refractivity contribution in [1.82, 2.24) is 9.13 Å². The van der Waals surface area contributed by atoms with Crippen LogP contribution in [0.5, 0.6) is 0 Å². The summed E-state index contributed by atoms with van der Waals surface area (Å²) in [7, 11) is 0. The number of carbonyl (C=O) groups is 2. The van der Waals surface area contributed by atoms with Crippen LogP contribution in [-0.2, 0) is 23.0 Å². The molecular formula is C44H48N4O10. The number of rotatable bonds is 10. The average Bonchev–Trinajstić information content (AvgIpc) is 3.73. The van der Waals surface area contributed by atoms with Crippen LogP contribution in [0.4, 0.5) is 21.0 Å². The van der Waals surface area contributed by atoms with Gasteiger partial charge in [0, 0.05) is 36.1 Å². The van der Waals surface area contributed by atoms with Gasteiger partial charge in [-0.05, 0) is 97.9 Å². The standard InChI is InChI=1S/2C22H24N2O5/c1-22(2,3)29-21(26)23-18(16-9-5-4-6-10-16)14-17-12-15(8-7-11-25)13-19(20(17)23)24(27)28;1-22(2,3)18-16-12-14(8-7-11-25)13-17(24(28)29)20(16)23(21(26)27)19(18)15-9-5-4-6-10-15/h4-6,9-10,12-14,25H,7-8,11H2,1-3H3;4-6,9-10,12-13,25H,7-8,11H2,1-3H3,(H,26,27). The maximum atomic E-state index is 13.0. The smallest absolute Gasteiger partial charge is 0.419 e. The molecule has 304 valence electrons. The number of aryl methyl sites for hydroxylation is 2. The second kappa shape index (κ2) is 17.4. The number of ether oxygens (including phenoxy) is 1. The molecule has 0 amide bonds. The number of aliphatic hydroxyl groups is 2. The number of aromatic nitrogens is 2. The van der Waals surface area contributed by atoms with Crippen molar-refractivity contribution in [3.05, 3.63) is 128 Å². The Hall–Kier alpha value is -6.38. The highest BCUT2D eigenvalue weighted by atomic mass is 16.6. The Morgan fingerprint density at radius 3 is 1.66 bits per heavy atom. The first-order chi connectivity index (χ1) is 27.4. The van der Waals surface area contributed by atoms with Crippen LogP contribution in [0.2, 0.25) is 0 Å². The third-order valence-electron chi connectivity index (χ3n) is 9.31. The Morgan fingerprint density at radius 1 is 0.690 bits per heavy atom. The van der Waals surface area contributed by atoms with Crippen LogP contribution in [0.3, 0.4) is 0 Å². The van der Waals surface area contributed by atoms with Crippen molar-refractivity contribution in [2.75, 3.05) is 13.2 Å². The summed E-state index contributed by atoms with van der Waals surface area (Å²) in [6, 6.07) is 26.6. The number of carbonyl (C=O) groups excluding carboxylic acids is 1. The summed E-state index contributed by atoms with van der Waals surface area (Å²) in [5.74, 6) is 0. The van der Waals surface area contributed by atoms with Crippen LogP contribution in [0, 0.1) is 20.2 Å². The topological polar surface area (TPSA) is 200 Å². The Bertz CT molecular complexity index is 2470. The summed E-state index contributed by atoms with van der Waals surface area (Å²) >= 11 is 0. The van der Waals surface area contributed by atoms with Crippen LogP contribution < -0.4 is 0 Å². The van der Waals surface area contributed by atoms with Crippen molar-refractivity contribution in [1.29, 1.82) is 0 Å². The molecule has 2 heterocycles. The molecule has 14 nitrogen and oxygen atoms in total. The molecule has 58 heavy (non-hydrogen) atoms. The highest BCUT2D eigenvalue weighted by molar-refractivity contribution is 6.04. The van der Waals surface area contributed by atoms with Crippen molar-refractivity contribution >= 4 is 45.4 Å². The second-order valence-electron chi connectivity index (χ2n) is 15.9. The van der Waals surface area contributed by atoms with Gasteiger partial charge >= 0.3 is 12.2 Å². The minimum atomic E-state index is -1.27. The van der Waals surface area contributed by atoms with E-state index in [2.05, 4.69) is 0 Å². The minimum Gasteiger partial charge on any atom is -0.464 e. The van der Waals surface area contributed by atoms with Gasteiger partial charge in [-0.1, -0.05) is 81.4 Å². The van der Waals surface area contributed by atoms with E-state index >= 15 is 0 Å². The molecule has 0 aliphatic rings. The molecule has 0 aliphatic heterocycles. The van der Waals surface area contributed by atoms with E-state index in [1.165, 1.54) is 16.7 Å². The molecule has 6 aromatic rings. The first-order valence-electron chi connectivity index (χ1n) is 18.9. The minimum absolute atomic E-state index is 0.0000204. The lowest BCUT2D eigenvalue weighted by Gasteiger charge is -2.21. The van der Waals surface area contributed by atoms with Gasteiger partial charge in [0.05, 0.1) is 21.2 Å². The summed E-state index contributed by atoms with van der Waals surface area (Å²) in [5.41, 5.74) is 3.25. The highest BCUT2D eigenvalue weighted by Crippen LogP contribution is 2.44. The van der Waals surface area contributed by atoms with Crippen LogP contribution in [0.15, 0.2) is 91.0 Å². The number of fused-ring (bicyclic) bond motifs is 2. The first kappa shape index (κ1) is 42.8. The fourth-order valence-corrected chi connectivity index (χ4v) is 7.11. The summed E-state index contributed by atoms with van der Waals surface area (Å²) in [6.07, 6.45) is 0.00854. The summed E-state index contributed by atoms with van der Waals surface area (Å²) in [5, 5.41) is 53.1. The number of nitrogens with zero attached hydrogens (tertiary/aromatic N) is 4. The summed E-state index contributed by atoms with van der Waals surface area (Å²) in [4.78, 5) is 48.0. The van der Waals surface area contributed by atoms with Gasteiger partial charge in [-0.2, -0.15) is 0 Å². The lowest BCUT2D eigenvalue weighted by molar-refractivity contribution is -0.383. The van der Waals surface area contributed by atoms with E-state index in [1.807, 2.05) is 81.4 Å². The third-order valence-corrected chi connectivity index (χ3v) is 9.31. The molecule has 0 saturated heterocycles.